The summed E-state index contributed by atoms with van der Waals surface area (Å²) in [5, 5.41) is 16.2. The summed E-state index contributed by atoms with van der Waals surface area (Å²) >= 11 is 0. The Bertz CT molecular complexity index is 1370. The van der Waals surface area contributed by atoms with Gasteiger partial charge in [0.25, 0.3) is 11.8 Å². The molecule has 9 nitrogen and oxygen atoms in total. The molecule has 0 atom stereocenters. The van der Waals surface area contributed by atoms with E-state index in [0.29, 0.717) is 17.0 Å². The van der Waals surface area contributed by atoms with Crippen molar-refractivity contribution in [1.29, 1.82) is 0 Å². The molecule has 0 saturated carbocycles. The number of nitrogens with one attached hydrogen (secondary N) is 2. The molecule has 0 unspecified atom stereocenters. The number of aromatic nitrogens is 4. The van der Waals surface area contributed by atoms with Gasteiger partial charge in [-0.3, -0.25) is 9.59 Å². The molecule has 4 rings (SSSR count). The van der Waals surface area contributed by atoms with E-state index in [-0.39, 0.29) is 11.6 Å². The molecule has 0 fully saturated rings. The van der Waals surface area contributed by atoms with E-state index in [2.05, 4.69) is 26.2 Å². The molecule has 0 aliphatic carbocycles. The minimum Gasteiger partial charge on any atom is -0.484 e. The maximum absolute atomic E-state index is 12.8. The fourth-order valence-corrected chi connectivity index (χ4v) is 3.29. The Hall–Kier alpha value is -4.74. The van der Waals surface area contributed by atoms with E-state index >= 15 is 0 Å². The van der Waals surface area contributed by atoms with Crippen LogP contribution in [0.5, 0.6) is 5.75 Å². The Kier molecular flexibility index (Phi) is 6.95. The average molecular weight is 496 g/mol. The number of benzene rings is 3. The molecule has 3 aromatic carbocycles. The van der Waals surface area contributed by atoms with Crippen molar-refractivity contribution in [3.63, 3.8) is 0 Å². The van der Waals surface area contributed by atoms with Crippen molar-refractivity contribution in [2.24, 2.45) is 0 Å². The molecule has 0 saturated heterocycles. The van der Waals surface area contributed by atoms with Crippen LogP contribution in [-0.2, 0) is 11.0 Å². The second-order valence-corrected chi connectivity index (χ2v) is 7.65. The smallest absolute Gasteiger partial charge is 0.416 e. The Labute approximate surface area is 202 Å². The highest BCUT2D eigenvalue weighted by atomic mass is 19.4. The number of ether oxygens (including phenoxy) is 1. The van der Waals surface area contributed by atoms with Gasteiger partial charge in [0.05, 0.1) is 11.3 Å². The Morgan fingerprint density at radius 2 is 1.72 bits per heavy atom. The number of carbonyl (C=O) groups is 2. The maximum atomic E-state index is 12.8. The van der Waals surface area contributed by atoms with Crippen molar-refractivity contribution >= 4 is 23.2 Å². The lowest BCUT2D eigenvalue weighted by Crippen LogP contribution is -2.20. The SMILES string of the molecule is Cc1cc(NC(=O)c2ccc(OCC(=O)Nc3cccc(C(F)(F)F)c3)cc2)ccc1-n1cnnn1. The van der Waals surface area contributed by atoms with Crippen LogP contribution in [-0.4, -0.2) is 38.6 Å². The molecular formula is C24H19F3N6O3. The number of carbonyl (C=O) groups excluding carboxylic acids is 2. The molecule has 0 radical (unpaired) electrons. The zero-order chi connectivity index (χ0) is 25.7. The van der Waals surface area contributed by atoms with Gasteiger partial charge in [-0.2, -0.15) is 13.2 Å². The Balaban J connectivity index is 1.31. The molecule has 0 spiro atoms. The van der Waals surface area contributed by atoms with Gasteiger partial charge in [-0.15, -0.1) is 5.10 Å². The topological polar surface area (TPSA) is 111 Å². The largest absolute Gasteiger partial charge is 0.484 e. The Morgan fingerprint density at radius 1 is 0.972 bits per heavy atom. The first kappa shape index (κ1) is 24.4. The molecule has 184 valence electrons. The predicted octanol–water partition coefficient (Wildman–Crippen LogP) is 4.26. The molecule has 0 aliphatic heterocycles. The number of rotatable bonds is 7. The third-order valence-corrected chi connectivity index (χ3v) is 5.01. The highest BCUT2D eigenvalue weighted by molar-refractivity contribution is 6.04. The molecule has 1 heterocycles. The number of halogens is 3. The van der Waals surface area contributed by atoms with Crippen molar-refractivity contribution in [2.75, 3.05) is 17.2 Å². The first-order valence-electron chi connectivity index (χ1n) is 10.5. The molecule has 0 bridgehead atoms. The molecule has 4 aromatic rings. The number of aryl methyl sites for hydroxylation is 1. The van der Waals surface area contributed by atoms with E-state index in [4.69, 9.17) is 4.74 Å². The fourth-order valence-electron chi connectivity index (χ4n) is 3.29. The van der Waals surface area contributed by atoms with Crippen LogP contribution in [0, 0.1) is 6.92 Å². The van der Waals surface area contributed by atoms with Crippen LogP contribution >= 0.6 is 0 Å². The van der Waals surface area contributed by atoms with E-state index in [1.54, 1.807) is 18.2 Å². The highest BCUT2D eigenvalue weighted by Crippen LogP contribution is 2.30. The van der Waals surface area contributed by atoms with Crippen LogP contribution in [0.3, 0.4) is 0 Å². The minimum atomic E-state index is -4.51. The number of hydrogen-bond acceptors (Lipinski definition) is 6. The lowest BCUT2D eigenvalue weighted by atomic mass is 10.1. The monoisotopic (exact) mass is 496 g/mol. The standard InChI is InChI=1S/C24H19F3N6O3/c1-15-11-19(7-10-21(15)33-14-28-31-32-33)30-23(35)16-5-8-20(9-6-16)36-13-22(34)29-18-4-2-3-17(12-18)24(25,26)27/h2-12,14H,13H2,1H3,(H,29,34)(H,30,35). The maximum Gasteiger partial charge on any atom is 0.416 e. The van der Waals surface area contributed by atoms with Crippen molar-refractivity contribution < 1.29 is 27.5 Å². The van der Waals surface area contributed by atoms with Crippen LogP contribution in [0.15, 0.2) is 73.1 Å². The number of alkyl halides is 3. The third kappa shape index (κ3) is 6.03. The molecule has 2 N–H and O–H groups in total. The van der Waals surface area contributed by atoms with Crippen LogP contribution in [0.2, 0.25) is 0 Å². The molecule has 36 heavy (non-hydrogen) atoms. The Morgan fingerprint density at radius 3 is 2.39 bits per heavy atom. The lowest BCUT2D eigenvalue weighted by Gasteiger charge is -2.11. The molecule has 0 aliphatic rings. The minimum absolute atomic E-state index is 0.00618. The van der Waals surface area contributed by atoms with Crippen molar-refractivity contribution in [2.45, 2.75) is 13.1 Å². The van der Waals surface area contributed by atoms with Gasteiger partial charge >= 0.3 is 6.18 Å². The van der Waals surface area contributed by atoms with Crippen LogP contribution in [0.1, 0.15) is 21.5 Å². The zero-order valence-corrected chi connectivity index (χ0v) is 18.8. The van der Waals surface area contributed by atoms with Crippen LogP contribution < -0.4 is 15.4 Å². The predicted molar refractivity (Wildman–Crippen MR) is 124 cm³/mol. The number of anilines is 2. The summed E-state index contributed by atoms with van der Waals surface area (Å²) in [6.45, 7) is 1.44. The summed E-state index contributed by atoms with van der Waals surface area (Å²) in [5.74, 6) is -0.664. The van der Waals surface area contributed by atoms with E-state index in [9.17, 15) is 22.8 Å². The summed E-state index contributed by atoms with van der Waals surface area (Å²) in [6, 6.07) is 15.7. The zero-order valence-electron chi connectivity index (χ0n) is 18.8. The third-order valence-electron chi connectivity index (χ3n) is 5.01. The van der Waals surface area contributed by atoms with E-state index < -0.39 is 24.3 Å². The van der Waals surface area contributed by atoms with E-state index in [1.165, 1.54) is 47.4 Å². The first-order chi connectivity index (χ1) is 17.2. The molecular weight excluding hydrogens is 477 g/mol. The summed E-state index contributed by atoms with van der Waals surface area (Å²) in [6.07, 6.45) is -3.04. The van der Waals surface area contributed by atoms with Crippen LogP contribution in [0.25, 0.3) is 5.69 Å². The normalized spacial score (nSPS) is 11.1. The quantitative estimate of drug-likeness (QED) is 0.396. The van der Waals surface area contributed by atoms with Gasteiger partial charge in [-0.05, 0) is 83.6 Å². The average Bonchev–Trinajstić information content (AvgIpc) is 3.37. The summed E-state index contributed by atoms with van der Waals surface area (Å²) < 4.78 is 45.3. The highest BCUT2D eigenvalue weighted by Gasteiger charge is 2.30. The fraction of sp³-hybridized carbons (Fsp3) is 0.125. The summed E-state index contributed by atoms with van der Waals surface area (Å²) in [5.41, 5.74) is 1.71. The van der Waals surface area contributed by atoms with Gasteiger partial charge < -0.3 is 15.4 Å². The molecule has 12 heteroatoms. The second kappa shape index (κ2) is 10.3. The van der Waals surface area contributed by atoms with Crippen molar-refractivity contribution in [3.05, 3.63) is 89.7 Å². The number of amides is 2. The number of tetrazole rings is 1. The van der Waals surface area contributed by atoms with Gasteiger partial charge in [0.1, 0.15) is 12.1 Å². The van der Waals surface area contributed by atoms with Crippen LogP contribution in [0.4, 0.5) is 24.5 Å². The molecule has 2 amide bonds. The van der Waals surface area contributed by atoms with E-state index in [0.717, 1.165) is 23.4 Å². The van der Waals surface area contributed by atoms with Gasteiger partial charge in [0.15, 0.2) is 6.61 Å². The summed E-state index contributed by atoms with van der Waals surface area (Å²) in [7, 11) is 0. The molecule has 1 aromatic heterocycles. The number of hydrogen-bond donors (Lipinski definition) is 2. The van der Waals surface area contributed by atoms with Gasteiger partial charge in [-0.25, -0.2) is 4.68 Å². The second-order valence-electron chi connectivity index (χ2n) is 7.65. The van der Waals surface area contributed by atoms with Gasteiger partial charge in [0, 0.05) is 16.9 Å². The van der Waals surface area contributed by atoms with Crippen molar-refractivity contribution in [3.8, 4) is 11.4 Å². The lowest BCUT2D eigenvalue weighted by molar-refractivity contribution is -0.137. The van der Waals surface area contributed by atoms with Gasteiger partial charge in [-0.1, -0.05) is 6.07 Å². The van der Waals surface area contributed by atoms with Gasteiger partial charge in [0.2, 0.25) is 0 Å². The van der Waals surface area contributed by atoms with E-state index in [1.807, 2.05) is 6.92 Å². The van der Waals surface area contributed by atoms with Crippen molar-refractivity contribution in [1.82, 2.24) is 20.2 Å². The number of nitrogens with zero attached hydrogens (tertiary/aromatic N) is 4. The summed E-state index contributed by atoms with van der Waals surface area (Å²) in [4.78, 5) is 24.6. The first-order valence-corrected chi connectivity index (χ1v) is 10.5.